The summed E-state index contributed by atoms with van der Waals surface area (Å²) >= 11 is 1.31. The zero-order valence-corrected chi connectivity index (χ0v) is 19.6. The van der Waals surface area contributed by atoms with E-state index in [1.807, 2.05) is 0 Å². The number of aromatic nitrogens is 2. The molecule has 7 nitrogen and oxygen atoms in total. The van der Waals surface area contributed by atoms with Crippen molar-refractivity contribution in [3.8, 4) is 0 Å². The Morgan fingerprint density at radius 1 is 1.26 bits per heavy atom. The molecule has 0 radical (unpaired) electrons. The molecule has 3 aromatic rings. The SMILES string of the molecule is CCOC(=O)c1c(NC(=O)c2cnn3c2N[C@H](c2ccccc2)C[C@@H]3C(F)(F)F)sc2c1CCC2. The molecule has 3 heterocycles. The van der Waals surface area contributed by atoms with E-state index in [2.05, 4.69) is 15.7 Å². The summed E-state index contributed by atoms with van der Waals surface area (Å²) in [7, 11) is 0. The van der Waals surface area contributed by atoms with Gasteiger partial charge < -0.3 is 15.4 Å². The molecule has 1 aliphatic heterocycles. The van der Waals surface area contributed by atoms with Crippen LogP contribution >= 0.6 is 11.3 Å². The summed E-state index contributed by atoms with van der Waals surface area (Å²) < 4.78 is 47.8. The van der Waals surface area contributed by atoms with E-state index in [0.29, 0.717) is 22.5 Å². The summed E-state index contributed by atoms with van der Waals surface area (Å²) in [6.45, 7) is 1.89. The third-order valence-electron chi connectivity index (χ3n) is 6.31. The summed E-state index contributed by atoms with van der Waals surface area (Å²) in [5.74, 6) is -1.16. The number of aryl methyl sites for hydroxylation is 1. The predicted octanol–water partition coefficient (Wildman–Crippen LogP) is 5.52. The highest BCUT2D eigenvalue weighted by Gasteiger charge is 2.47. The molecule has 0 saturated heterocycles. The molecule has 35 heavy (non-hydrogen) atoms. The summed E-state index contributed by atoms with van der Waals surface area (Å²) in [6.07, 6.45) is -1.23. The molecule has 1 amide bonds. The monoisotopic (exact) mass is 504 g/mol. The fourth-order valence-corrected chi connectivity index (χ4v) is 5.99. The molecular weight excluding hydrogens is 481 g/mol. The van der Waals surface area contributed by atoms with Gasteiger partial charge in [-0.15, -0.1) is 11.3 Å². The highest BCUT2D eigenvalue weighted by atomic mass is 32.1. The van der Waals surface area contributed by atoms with E-state index in [-0.39, 0.29) is 24.4 Å². The van der Waals surface area contributed by atoms with Crippen LogP contribution in [0.25, 0.3) is 0 Å². The van der Waals surface area contributed by atoms with Crippen molar-refractivity contribution in [3.05, 3.63) is 63.7 Å². The van der Waals surface area contributed by atoms with Gasteiger partial charge in [-0.1, -0.05) is 30.3 Å². The zero-order chi connectivity index (χ0) is 24.7. The first-order valence-electron chi connectivity index (χ1n) is 11.4. The van der Waals surface area contributed by atoms with Gasteiger partial charge in [-0.2, -0.15) is 18.3 Å². The number of anilines is 2. The number of benzene rings is 1. The normalized spacial score (nSPS) is 19.0. The van der Waals surface area contributed by atoms with Gasteiger partial charge in [-0.3, -0.25) is 4.79 Å². The Kier molecular flexibility index (Phi) is 6.04. The Morgan fingerprint density at radius 3 is 2.74 bits per heavy atom. The van der Waals surface area contributed by atoms with E-state index < -0.39 is 30.1 Å². The van der Waals surface area contributed by atoms with E-state index in [9.17, 15) is 22.8 Å². The smallest absolute Gasteiger partial charge is 0.410 e. The lowest BCUT2D eigenvalue weighted by Gasteiger charge is -2.34. The first-order valence-corrected chi connectivity index (χ1v) is 12.2. The topological polar surface area (TPSA) is 85.2 Å². The van der Waals surface area contributed by atoms with Crippen molar-refractivity contribution in [3.63, 3.8) is 0 Å². The molecule has 2 aromatic heterocycles. The molecule has 0 unspecified atom stereocenters. The number of hydrogen-bond donors (Lipinski definition) is 2. The molecular formula is C24H23F3N4O3S. The van der Waals surface area contributed by atoms with Crippen LogP contribution in [-0.4, -0.2) is 34.4 Å². The van der Waals surface area contributed by atoms with Crippen LogP contribution in [0.4, 0.5) is 24.0 Å². The molecule has 1 aliphatic carbocycles. The summed E-state index contributed by atoms with van der Waals surface area (Å²) in [5.41, 5.74) is 1.87. The van der Waals surface area contributed by atoms with Gasteiger partial charge in [-0.05, 0) is 37.3 Å². The number of nitrogens with one attached hydrogen (secondary N) is 2. The van der Waals surface area contributed by atoms with Gasteiger partial charge in [0.2, 0.25) is 0 Å². The number of ether oxygens (including phenoxy) is 1. The first-order chi connectivity index (χ1) is 16.8. The van der Waals surface area contributed by atoms with Crippen LogP contribution in [0.5, 0.6) is 0 Å². The number of esters is 1. The molecule has 11 heteroatoms. The third kappa shape index (κ3) is 4.29. The molecule has 0 saturated carbocycles. The first kappa shape index (κ1) is 23.4. The van der Waals surface area contributed by atoms with E-state index in [0.717, 1.165) is 34.2 Å². The average Bonchev–Trinajstić information content (AvgIpc) is 3.52. The van der Waals surface area contributed by atoms with Crippen LogP contribution in [0.15, 0.2) is 36.5 Å². The fraction of sp³-hybridized carbons (Fsp3) is 0.375. The van der Waals surface area contributed by atoms with Crippen molar-refractivity contribution in [2.75, 3.05) is 17.2 Å². The summed E-state index contributed by atoms with van der Waals surface area (Å²) in [4.78, 5) is 26.9. The number of rotatable bonds is 5. The number of carbonyl (C=O) groups excluding carboxylic acids is 2. The van der Waals surface area contributed by atoms with E-state index in [1.165, 1.54) is 11.3 Å². The van der Waals surface area contributed by atoms with Gasteiger partial charge in [0.15, 0.2) is 6.04 Å². The van der Waals surface area contributed by atoms with E-state index >= 15 is 0 Å². The second-order valence-corrected chi connectivity index (χ2v) is 9.59. The van der Waals surface area contributed by atoms with Crippen LogP contribution in [0, 0.1) is 0 Å². The van der Waals surface area contributed by atoms with Crippen LogP contribution in [-0.2, 0) is 17.6 Å². The van der Waals surface area contributed by atoms with Crippen molar-refractivity contribution < 1.29 is 27.5 Å². The van der Waals surface area contributed by atoms with Gasteiger partial charge >= 0.3 is 12.1 Å². The summed E-state index contributed by atoms with van der Waals surface area (Å²) in [6, 6.07) is 6.25. The number of thiophene rings is 1. The second kappa shape index (κ2) is 9.03. The van der Waals surface area contributed by atoms with Crippen molar-refractivity contribution in [1.82, 2.24) is 9.78 Å². The maximum Gasteiger partial charge on any atom is 0.410 e. The summed E-state index contributed by atoms with van der Waals surface area (Å²) in [5, 5.41) is 10.1. The molecule has 184 valence electrons. The highest BCUT2D eigenvalue weighted by Crippen LogP contribution is 2.45. The van der Waals surface area contributed by atoms with Gasteiger partial charge in [0.25, 0.3) is 5.91 Å². The maximum atomic E-state index is 13.9. The third-order valence-corrected chi connectivity index (χ3v) is 7.52. The van der Waals surface area contributed by atoms with Gasteiger partial charge in [0.1, 0.15) is 16.4 Å². The Labute approximate surface area is 203 Å². The lowest BCUT2D eigenvalue weighted by atomic mass is 9.96. The van der Waals surface area contributed by atoms with Crippen molar-refractivity contribution in [2.24, 2.45) is 0 Å². The lowest BCUT2D eigenvalue weighted by molar-refractivity contribution is -0.173. The Hall–Kier alpha value is -3.34. The van der Waals surface area contributed by atoms with Crippen LogP contribution in [0.1, 0.15) is 68.6 Å². The molecule has 2 aliphatic rings. The quantitative estimate of drug-likeness (QED) is 0.447. The minimum absolute atomic E-state index is 0.00768. The number of carbonyl (C=O) groups is 2. The number of nitrogens with zero attached hydrogens (tertiary/aromatic N) is 2. The number of amides is 1. The number of hydrogen-bond acceptors (Lipinski definition) is 6. The van der Waals surface area contributed by atoms with E-state index in [4.69, 9.17) is 4.74 Å². The minimum Gasteiger partial charge on any atom is -0.462 e. The van der Waals surface area contributed by atoms with Crippen LogP contribution in [0.3, 0.4) is 0 Å². The highest BCUT2D eigenvalue weighted by molar-refractivity contribution is 7.17. The minimum atomic E-state index is -4.55. The fourth-order valence-electron chi connectivity index (χ4n) is 4.71. The van der Waals surface area contributed by atoms with Gasteiger partial charge in [0.05, 0.1) is 24.4 Å². The van der Waals surface area contributed by atoms with Gasteiger partial charge in [-0.25, -0.2) is 9.48 Å². The van der Waals surface area contributed by atoms with Crippen LogP contribution in [0.2, 0.25) is 0 Å². The van der Waals surface area contributed by atoms with Crippen molar-refractivity contribution >= 4 is 34.0 Å². The maximum absolute atomic E-state index is 13.9. The lowest BCUT2D eigenvalue weighted by Crippen LogP contribution is -2.36. The second-order valence-electron chi connectivity index (χ2n) is 8.49. The average molecular weight is 505 g/mol. The number of fused-ring (bicyclic) bond motifs is 2. The molecule has 0 spiro atoms. The Bertz CT molecular complexity index is 1270. The Balaban J connectivity index is 1.49. The molecule has 5 rings (SSSR count). The number of alkyl halides is 3. The predicted molar refractivity (Wildman–Crippen MR) is 125 cm³/mol. The molecule has 0 bridgehead atoms. The molecule has 2 atom stereocenters. The molecule has 2 N–H and O–H groups in total. The van der Waals surface area contributed by atoms with Crippen molar-refractivity contribution in [2.45, 2.75) is 50.9 Å². The number of halogens is 3. The van der Waals surface area contributed by atoms with Crippen LogP contribution < -0.4 is 10.6 Å². The molecule has 1 aromatic carbocycles. The van der Waals surface area contributed by atoms with E-state index in [1.54, 1.807) is 37.3 Å². The zero-order valence-electron chi connectivity index (χ0n) is 18.8. The Morgan fingerprint density at radius 2 is 2.03 bits per heavy atom. The largest absolute Gasteiger partial charge is 0.462 e. The molecule has 0 fully saturated rings. The van der Waals surface area contributed by atoms with Gasteiger partial charge in [0, 0.05) is 11.3 Å². The standard InChI is InChI=1S/C24H23F3N4O3S/c1-2-34-23(33)19-14-9-6-10-17(14)35-22(19)30-21(32)15-12-28-31-18(24(25,26)27)11-16(29-20(15)31)13-7-4-3-5-8-13/h3-5,7-8,12,16,18,29H,2,6,9-11H2,1H3,(H,30,32)/t16-,18+/m0/s1. The van der Waals surface area contributed by atoms with Crippen molar-refractivity contribution in [1.29, 1.82) is 0 Å².